The van der Waals surface area contributed by atoms with Gasteiger partial charge in [-0.25, -0.2) is 13.4 Å². The molecule has 2 aromatic carbocycles. The molecule has 0 bridgehead atoms. The van der Waals surface area contributed by atoms with Gasteiger partial charge in [0.1, 0.15) is 25.2 Å². The molecule has 29 heavy (non-hydrogen) atoms. The van der Waals surface area contributed by atoms with E-state index in [1.54, 1.807) is 25.3 Å². The summed E-state index contributed by atoms with van der Waals surface area (Å²) in [6.07, 6.45) is 1.45. The van der Waals surface area contributed by atoms with Crippen molar-refractivity contribution in [2.24, 2.45) is 0 Å². The van der Waals surface area contributed by atoms with Crippen LogP contribution in [0.5, 0.6) is 17.2 Å². The second kappa shape index (κ2) is 7.76. The molecule has 0 unspecified atom stereocenters. The number of aromatic nitrogens is 1. The predicted molar refractivity (Wildman–Crippen MR) is 105 cm³/mol. The minimum Gasteiger partial charge on any atom is -0.497 e. The van der Waals surface area contributed by atoms with Gasteiger partial charge in [0.15, 0.2) is 11.5 Å². The van der Waals surface area contributed by atoms with Gasteiger partial charge in [0.05, 0.1) is 24.2 Å². The summed E-state index contributed by atoms with van der Waals surface area (Å²) in [5.74, 6) is 2.10. The molecule has 0 saturated carbocycles. The SMILES string of the molecule is COc1ccc(-c2nc(CN(C)S(=O)(=O)c3ccc4c(c3)OCCO4)co2)cc1. The molecule has 9 heteroatoms. The van der Waals surface area contributed by atoms with Crippen molar-refractivity contribution >= 4 is 10.0 Å². The van der Waals surface area contributed by atoms with Gasteiger partial charge in [0.2, 0.25) is 15.9 Å². The average Bonchev–Trinajstić information content (AvgIpc) is 3.22. The molecule has 4 rings (SSSR count). The van der Waals surface area contributed by atoms with Crippen LogP contribution >= 0.6 is 0 Å². The summed E-state index contributed by atoms with van der Waals surface area (Å²) < 4.78 is 48.6. The van der Waals surface area contributed by atoms with Gasteiger partial charge in [-0.15, -0.1) is 0 Å². The smallest absolute Gasteiger partial charge is 0.243 e. The maximum atomic E-state index is 12.9. The zero-order chi connectivity index (χ0) is 20.4. The van der Waals surface area contributed by atoms with Crippen molar-refractivity contribution in [3.63, 3.8) is 0 Å². The molecule has 0 saturated heterocycles. The lowest BCUT2D eigenvalue weighted by molar-refractivity contribution is 0.171. The highest BCUT2D eigenvalue weighted by molar-refractivity contribution is 7.89. The van der Waals surface area contributed by atoms with Crippen LogP contribution in [0.25, 0.3) is 11.5 Å². The van der Waals surface area contributed by atoms with Gasteiger partial charge in [-0.1, -0.05) is 0 Å². The third-order valence-corrected chi connectivity index (χ3v) is 6.29. The number of nitrogens with zero attached hydrogens (tertiary/aromatic N) is 2. The van der Waals surface area contributed by atoms with Gasteiger partial charge in [-0.05, 0) is 36.4 Å². The van der Waals surface area contributed by atoms with Gasteiger partial charge < -0.3 is 18.6 Å². The lowest BCUT2D eigenvalue weighted by Gasteiger charge is -2.20. The Morgan fingerprint density at radius 3 is 2.52 bits per heavy atom. The Balaban J connectivity index is 1.51. The summed E-state index contributed by atoms with van der Waals surface area (Å²) >= 11 is 0. The fraction of sp³-hybridized carbons (Fsp3) is 0.250. The van der Waals surface area contributed by atoms with Crippen molar-refractivity contribution in [3.8, 4) is 28.7 Å². The van der Waals surface area contributed by atoms with Gasteiger partial charge in [-0.2, -0.15) is 4.31 Å². The van der Waals surface area contributed by atoms with E-state index in [0.717, 1.165) is 11.3 Å². The van der Waals surface area contributed by atoms with Crippen LogP contribution in [0.3, 0.4) is 0 Å². The van der Waals surface area contributed by atoms with Crippen molar-refractivity contribution in [2.45, 2.75) is 11.4 Å². The fourth-order valence-corrected chi connectivity index (χ4v) is 4.08. The summed E-state index contributed by atoms with van der Waals surface area (Å²) in [5.41, 5.74) is 1.27. The molecule has 0 fully saturated rings. The van der Waals surface area contributed by atoms with E-state index >= 15 is 0 Å². The van der Waals surface area contributed by atoms with Crippen LogP contribution in [-0.4, -0.2) is 45.1 Å². The van der Waals surface area contributed by atoms with Gasteiger partial charge in [0.25, 0.3) is 0 Å². The van der Waals surface area contributed by atoms with E-state index < -0.39 is 10.0 Å². The van der Waals surface area contributed by atoms with E-state index in [1.807, 2.05) is 12.1 Å². The summed E-state index contributed by atoms with van der Waals surface area (Å²) in [6.45, 7) is 0.900. The van der Waals surface area contributed by atoms with Crippen LogP contribution < -0.4 is 14.2 Å². The molecule has 0 spiro atoms. The van der Waals surface area contributed by atoms with E-state index in [2.05, 4.69) is 4.98 Å². The Kier molecular flexibility index (Phi) is 5.16. The van der Waals surface area contributed by atoms with Crippen molar-refractivity contribution in [2.75, 3.05) is 27.4 Å². The molecule has 152 valence electrons. The Hall–Kier alpha value is -3.04. The van der Waals surface area contributed by atoms with Crippen LogP contribution in [0.1, 0.15) is 5.69 Å². The maximum absolute atomic E-state index is 12.9. The number of hydrogen-bond acceptors (Lipinski definition) is 7. The molecule has 3 aromatic rings. The molecule has 1 aliphatic heterocycles. The van der Waals surface area contributed by atoms with E-state index in [1.165, 1.54) is 29.7 Å². The summed E-state index contributed by atoms with van der Waals surface area (Å²) in [5, 5.41) is 0. The Bertz CT molecular complexity index is 1110. The molecular weight excluding hydrogens is 396 g/mol. The second-order valence-electron chi connectivity index (χ2n) is 6.44. The number of ether oxygens (including phenoxy) is 3. The predicted octanol–water partition coefficient (Wildman–Crippen LogP) is 2.94. The molecule has 1 aromatic heterocycles. The standard InChI is InChI=1S/C20H20N2O6S/c1-22(29(23,24)17-7-8-18-19(11-17)27-10-9-26-18)12-15-13-28-20(21-15)14-3-5-16(25-2)6-4-14/h3-8,11,13H,9-10,12H2,1-2H3. The topological polar surface area (TPSA) is 91.1 Å². The Labute approximate surface area is 168 Å². The first kappa shape index (κ1) is 19.3. The molecule has 0 N–H and O–H groups in total. The summed E-state index contributed by atoms with van der Waals surface area (Å²) in [4.78, 5) is 4.52. The summed E-state index contributed by atoms with van der Waals surface area (Å²) in [6, 6.07) is 11.8. The van der Waals surface area contributed by atoms with E-state index in [-0.39, 0.29) is 11.4 Å². The van der Waals surface area contributed by atoms with Crippen molar-refractivity contribution in [3.05, 3.63) is 54.4 Å². The van der Waals surface area contributed by atoms with E-state index in [9.17, 15) is 8.42 Å². The zero-order valence-electron chi connectivity index (χ0n) is 16.0. The van der Waals surface area contributed by atoms with Crippen molar-refractivity contribution in [1.82, 2.24) is 9.29 Å². The van der Waals surface area contributed by atoms with Crippen LogP contribution in [-0.2, 0) is 16.6 Å². The number of hydrogen-bond donors (Lipinski definition) is 0. The number of methoxy groups -OCH3 is 1. The van der Waals surface area contributed by atoms with Crippen LogP contribution in [0.4, 0.5) is 0 Å². The highest BCUT2D eigenvalue weighted by Gasteiger charge is 2.25. The minimum absolute atomic E-state index is 0.0659. The van der Waals surface area contributed by atoms with E-state index in [4.69, 9.17) is 18.6 Å². The lowest BCUT2D eigenvalue weighted by atomic mass is 10.2. The number of oxazole rings is 1. The Morgan fingerprint density at radius 2 is 1.79 bits per heavy atom. The van der Waals surface area contributed by atoms with Crippen LogP contribution in [0.15, 0.2) is 58.0 Å². The fourth-order valence-electron chi connectivity index (χ4n) is 2.92. The number of benzene rings is 2. The molecule has 1 aliphatic rings. The maximum Gasteiger partial charge on any atom is 0.243 e. The van der Waals surface area contributed by atoms with E-state index in [0.29, 0.717) is 36.3 Å². The largest absolute Gasteiger partial charge is 0.497 e. The van der Waals surface area contributed by atoms with Crippen LogP contribution in [0, 0.1) is 0 Å². The number of sulfonamides is 1. The highest BCUT2D eigenvalue weighted by atomic mass is 32.2. The Morgan fingerprint density at radius 1 is 1.07 bits per heavy atom. The molecule has 0 atom stereocenters. The second-order valence-corrected chi connectivity index (χ2v) is 8.48. The first-order valence-corrected chi connectivity index (χ1v) is 10.4. The number of fused-ring (bicyclic) bond motifs is 1. The highest BCUT2D eigenvalue weighted by Crippen LogP contribution is 2.33. The quantitative estimate of drug-likeness (QED) is 0.610. The molecule has 0 aliphatic carbocycles. The van der Waals surface area contributed by atoms with Gasteiger partial charge in [0, 0.05) is 18.7 Å². The molecule has 0 radical (unpaired) electrons. The van der Waals surface area contributed by atoms with Crippen LogP contribution in [0.2, 0.25) is 0 Å². The minimum atomic E-state index is -3.74. The van der Waals surface area contributed by atoms with Crippen molar-refractivity contribution in [1.29, 1.82) is 0 Å². The van der Waals surface area contributed by atoms with Gasteiger partial charge >= 0.3 is 0 Å². The first-order chi connectivity index (χ1) is 14.0. The zero-order valence-corrected chi connectivity index (χ0v) is 16.8. The third-order valence-electron chi connectivity index (χ3n) is 4.50. The molecule has 8 nitrogen and oxygen atoms in total. The van der Waals surface area contributed by atoms with Crippen molar-refractivity contribution < 1.29 is 27.0 Å². The number of rotatable bonds is 6. The first-order valence-electron chi connectivity index (χ1n) is 8.92. The molecule has 0 amide bonds. The molecular formula is C20H20N2O6S. The third kappa shape index (κ3) is 3.92. The van der Waals surface area contributed by atoms with Gasteiger partial charge in [-0.3, -0.25) is 0 Å². The monoisotopic (exact) mass is 416 g/mol. The average molecular weight is 416 g/mol. The normalized spacial score (nSPS) is 13.5. The summed E-state index contributed by atoms with van der Waals surface area (Å²) in [7, 11) is -0.648. The lowest BCUT2D eigenvalue weighted by Crippen LogP contribution is -2.27. The molecule has 2 heterocycles.